The van der Waals surface area contributed by atoms with Gasteiger partial charge in [0.05, 0.1) is 0 Å². The van der Waals surface area contributed by atoms with Crippen LogP contribution in [0, 0.1) is 0 Å². The number of hydrogen-bond donors (Lipinski definition) is 1. The van der Waals surface area contributed by atoms with Gasteiger partial charge in [-0.15, -0.1) is 5.10 Å². The summed E-state index contributed by atoms with van der Waals surface area (Å²) in [5.74, 6) is -0.178. The van der Waals surface area contributed by atoms with Crippen LogP contribution in [0.2, 0.25) is 0 Å². The molecule has 0 aromatic carbocycles. The van der Waals surface area contributed by atoms with Crippen LogP contribution in [0.5, 0.6) is 0 Å². The Morgan fingerprint density at radius 1 is 1.39 bits per heavy atom. The number of carbonyl (C=O) groups is 1. The first-order chi connectivity index (χ1) is 8.75. The first-order valence-corrected chi connectivity index (χ1v) is 6.24. The standard InChI is InChI=1S/C10H11N5O2S/c16-9(17)7-15-10(12-13-14-15)18-6-3-8-1-4-11-5-2-8/h1-2,4-5H,3,6-7H2,(H,16,17). The number of carboxylic acid groups (broad SMARTS) is 1. The van der Waals surface area contributed by atoms with E-state index in [1.807, 2.05) is 12.1 Å². The van der Waals surface area contributed by atoms with E-state index in [0.29, 0.717) is 5.16 Å². The van der Waals surface area contributed by atoms with E-state index in [9.17, 15) is 4.79 Å². The lowest BCUT2D eigenvalue weighted by atomic mass is 10.2. The highest BCUT2D eigenvalue weighted by atomic mass is 32.2. The minimum absolute atomic E-state index is 0.218. The fourth-order valence-electron chi connectivity index (χ4n) is 1.34. The van der Waals surface area contributed by atoms with Crippen molar-refractivity contribution in [2.75, 3.05) is 5.75 Å². The lowest BCUT2D eigenvalue weighted by Gasteiger charge is -2.01. The molecule has 0 saturated carbocycles. The van der Waals surface area contributed by atoms with Crippen molar-refractivity contribution < 1.29 is 9.90 Å². The topological polar surface area (TPSA) is 93.8 Å². The summed E-state index contributed by atoms with van der Waals surface area (Å²) in [5, 5.41) is 20.1. The molecule has 0 bridgehead atoms. The van der Waals surface area contributed by atoms with Gasteiger partial charge in [-0.25, -0.2) is 4.68 Å². The molecule has 1 N–H and O–H groups in total. The van der Waals surface area contributed by atoms with E-state index in [1.165, 1.54) is 22.0 Å². The van der Waals surface area contributed by atoms with Crippen LogP contribution in [0.25, 0.3) is 0 Å². The maximum absolute atomic E-state index is 10.6. The average Bonchev–Trinajstić information content (AvgIpc) is 2.77. The normalized spacial score (nSPS) is 10.4. The number of aliphatic carboxylic acids is 1. The third-order valence-electron chi connectivity index (χ3n) is 2.16. The third-order valence-corrected chi connectivity index (χ3v) is 3.11. The molecule has 0 aliphatic carbocycles. The summed E-state index contributed by atoms with van der Waals surface area (Å²) in [5.41, 5.74) is 1.18. The van der Waals surface area contributed by atoms with Crippen LogP contribution < -0.4 is 0 Å². The van der Waals surface area contributed by atoms with Crippen molar-refractivity contribution in [3.05, 3.63) is 30.1 Å². The predicted molar refractivity (Wildman–Crippen MR) is 64.1 cm³/mol. The van der Waals surface area contributed by atoms with Crippen LogP contribution >= 0.6 is 11.8 Å². The molecule has 8 heteroatoms. The van der Waals surface area contributed by atoms with Gasteiger partial charge in [0, 0.05) is 18.1 Å². The highest BCUT2D eigenvalue weighted by molar-refractivity contribution is 7.99. The van der Waals surface area contributed by atoms with Gasteiger partial charge < -0.3 is 5.11 Å². The van der Waals surface area contributed by atoms with E-state index >= 15 is 0 Å². The smallest absolute Gasteiger partial charge is 0.325 e. The monoisotopic (exact) mass is 265 g/mol. The maximum Gasteiger partial charge on any atom is 0.325 e. The second-order valence-corrected chi connectivity index (χ2v) is 4.53. The Hall–Kier alpha value is -1.96. The number of rotatable bonds is 6. The van der Waals surface area contributed by atoms with E-state index in [2.05, 4.69) is 20.5 Å². The number of pyridine rings is 1. The summed E-state index contributed by atoms with van der Waals surface area (Å²) in [6, 6.07) is 3.89. The molecule has 0 radical (unpaired) electrons. The van der Waals surface area contributed by atoms with Crippen molar-refractivity contribution in [2.45, 2.75) is 18.1 Å². The Morgan fingerprint density at radius 2 is 2.17 bits per heavy atom. The van der Waals surface area contributed by atoms with Crippen molar-refractivity contribution in [1.82, 2.24) is 25.2 Å². The molecule has 0 unspecified atom stereocenters. The first kappa shape index (κ1) is 12.5. The number of nitrogens with zero attached hydrogens (tertiary/aromatic N) is 5. The zero-order chi connectivity index (χ0) is 12.8. The summed E-state index contributed by atoms with van der Waals surface area (Å²) < 4.78 is 1.28. The van der Waals surface area contributed by atoms with E-state index in [4.69, 9.17) is 5.11 Å². The van der Waals surface area contributed by atoms with Crippen molar-refractivity contribution in [2.24, 2.45) is 0 Å². The van der Waals surface area contributed by atoms with Crippen LogP contribution in [-0.4, -0.2) is 42.0 Å². The van der Waals surface area contributed by atoms with Crippen molar-refractivity contribution in [3.63, 3.8) is 0 Å². The molecule has 2 aromatic rings. The highest BCUT2D eigenvalue weighted by Crippen LogP contribution is 2.15. The molecule has 0 aliphatic heterocycles. The Morgan fingerprint density at radius 3 is 2.89 bits per heavy atom. The van der Waals surface area contributed by atoms with Crippen LogP contribution in [0.1, 0.15) is 5.56 Å². The second kappa shape index (κ2) is 6.10. The Balaban J connectivity index is 1.87. The highest BCUT2D eigenvalue weighted by Gasteiger charge is 2.09. The minimum Gasteiger partial charge on any atom is -0.480 e. The molecule has 0 saturated heterocycles. The third kappa shape index (κ3) is 3.52. The summed E-state index contributed by atoms with van der Waals surface area (Å²) >= 11 is 1.43. The molecule has 0 aliphatic rings. The largest absolute Gasteiger partial charge is 0.480 e. The minimum atomic E-state index is -0.960. The van der Waals surface area contributed by atoms with Crippen LogP contribution in [0.3, 0.4) is 0 Å². The summed E-state index contributed by atoms with van der Waals surface area (Å²) in [6.45, 7) is -0.218. The summed E-state index contributed by atoms with van der Waals surface area (Å²) in [6.07, 6.45) is 4.34. The predicted octanol–water partition coefficient (Wildman–Crippen LogP) is 0.487. The zero-order valence-electron chi connectivity index (χ0n) is 9.43. The Labute approximate surface area is 107 Å². The maximum atomic E-state index is 10.6. The molecule has 18 heavy (non-hydrogen) atoms. The molecular formula is C10H11N5O2S. The van der Waals surface area contributed by atoms with Crippen LogP contribution in [0.4, 0.5) is 0 Å². The molecule has 94 valence electrons. The molecule has 0 spiro atoms. The van der Waals surface area contributed by atoms with E-state index in [1.54, 1.807) is 12.4 Å². The van der Waals surface area contributed by atoms with E-state index < -0.39 is 5.97 Å². The van der Waals surface area contributed by atoms with Gasteiger partial charge in [0.1, 0.15) is 6.54 Å². The van der Waals surface area contributed by atoms with Crippen molar-refractivity contribution >= 4 is 17.7 Å². The average molecular weight is 265 g/mol. The van der Waals surface area contributed by atoms with Crippen LogP contribution in [-0.2, 0) is 17.8 Å². The quantitative estimate of drug-likeness (QED) is 0.759. The number of carboxylic acids is 1. The Bertz CT molecular complexity index is 516. The van der Waals surface area contributed by atoms with Crippen LogP contribution in [0.15, 0.2) is 29.7 Å². The van der Waals surface area contributed by atoms with Gasteiger partial charge in [-0.05, 0) is 34.5 Å². The molecular weight excluding hydrogens is 254 g/mol. The fraction of sp³-hybridized carbons (Fsp3) is 0.300. The van der Waals surface area contributed by atoms with Gasteiger partial charge in [0.2, 0.25) is 5.16 Å². The first-order valence-electron chi connectivity index (χ1n) is 5.25. The van der Waals surface area contributed by atoms with Gasteiger partial charge in [0.15, 0.2) is 0 Å². The SMILES string of the molecule is O=C(O)Cn1nnnc1SCCc1ccncc1. The molecule has 2 rings (SSSR count). The fourth-order valence-corrected chi connectivity index (χ4v) is 2.20. The second-order valence-electron chi connectivity index (χ2n) is 3.47. The van der Waals surface area contributed by atoms with Crippen molar-refractivity contribution in [3.8, 4) is 0 Å². The number of hydrogen-bond acceptors (Lipinski definition) is 6. The number of aryl methyl sites for hydroxylation is 1. The number of thioether (sulfide) groups is 1. The molecule has 2 aromatic heterocycles. The molecule has 0 amide bonds. The molecule has 0 atom stereocenters. The lowest BCUT2D eigenvalue weighted by molar-refractivity contribution is -0.138. The van der Waals surface area contributed by atoms with Gasteiger partial charge in [-0.2, -0.15) is 0 Å². The van der Waals surface area contributed by atoms with Crippen molar-refractivity contribution in [1.29, 1.82) is 0 Å². The summed E-state index contributed by atoms with van der Waals surface area (Å²) in [7, 11) is 0. The van der Waals surface area contributed by atoms with Gasteiger partial charge in [0.25, 0.3) is 0 Å². The Kier molecular flexibility index (Phi) is 4.24. The molecule has 2 heterocycles. The van der Waals surface area contributed by atoms with Gasteiger partial charge in [-0.1, -0.05) is 11.8 Å². The molecule has 0 fully saturated rings. The van der Waals surface area contributed by atoms with Gasteiger partial charge >= 0.3 is 5.97 Å². The van der Waals surface area contributed by atoms with E-state index in [0.717, 1.165) is 12.2 Å². The number of tetrazole rings is 1. The van der Waals surface area contributed by atoms with E-state index in [-0.39, 0.29) is 6.54 Å². The van der Waals surface area contributed by atoms with Gasteiger partial charge in [-0.3, -0.25) is 9.78 Å². The molecule has 7 nitrogen and oxygen atoms in total. The summed E-state index contributed by atoms with van der Waals surface area (Å²) in [4.78, 5) is 14.5. The zero-order valence-corrected chi connectivity index (χ0v) is 10.2. The lowest BCUT2D eigenvalue weighted by Crippen LogP contribution is -2.11. The number of aromatic nitrogens is 5.